The van der Waals surface area contributed by atoms with Gasteiger partial charge >= 0.3 is 0 Å². The Labute approximate surface area is 282 Å². The van der Waals surface area contributed by atoms with Crippen LogP contribution in [0.4, 0.5) is 0 Å². The number of aromatic hydroxyl groups is 4. The second-order valence-electron chi connectivity index (χ2n) is 12.5. The summed E-state index contributed by atoms with van der Waals surface area (Å²) in [7, 11) is 0. The van der Waals surface area contributed by atoms with Gasteiger partial charge in [0.15, 0.2) is 5.78 Å². The Balaban J connectivity index is 1.64. The largest absolute Gasteiger partial charge is 0.507 e. The van der Waals surface area contributed by atoms with Gasteiger partial charge in [0.2, 0.25) is 11.6 Å². The van der Waals surface area contributed by atoms with Gasteiger partial charge in [-0.2, -0.15) is 0 Å². The molecule has 1 saturated heterocycles. The molecule has 14 heteroatoms. The van der Waals surface area contributed by atoms with Crippen LogP contribution in [0.1, 0.15) is 75.6 Å². The van der Waals surface area contributed by atoms with E-state index in [1.165, 1.54) is 30.3 Å². The minimum atomic E-state index is -2.33. The standard InChI is InChI=1S/C36H30O14/c37-10-13-6-16-24(21(41)8-13)31(46)25-15(28(16)43)4-5-18(29(25)44)36(35-34(49)33(48)30(45)23(12-39)50-35)17-2-1-3-20(40)26(17)32(47)27-19(36)7-14(11-38)9-22(27)42/h1-9,23,30,33-35,37-42,44-45,48-49H,10-12H2/t23-,30-,33+,34-,35?,36+/m1/s1. The minimum absolute atomic E-state index is 0.0221. The SMILES string of the molecule is O=C1c2cc(CO)cc(O)c2C(=O)c2c1ccc([C@@]1(C3O[C@H](CO)[C@@H](O)[C@H](O)[C@H]3O)c3cccc(O)c3C(=O)c3c(O)cc(CO)cc31)c2O. The molecule has 4 aromatic rings. The Morgan fingerprint density at radius 2 is 1.20 bits per heavy atom. The first-order valence-electron chi connectivity index (χ1n) is 15.4. The summed E-state index contributed by atoms with van der Waals surface area (Å²) in [6, 6.07) is 10.8. The highest BCUT2D eigenvalue weighted by Crippen LogP contribution is 2.57. The molecule has 3 aliphatic rings. The number of aliphatic hydroxyl groups is 6. The number of rotatable bonds is 5. The molecule has 0 spiro atoms. The highest BCUT2D eigenvalue weighted by Gasteiger charge is 2.60. The molecule has 0 amide bonds. The van der Waals surface area contributed by atoms with E-state index >= 15 is 0 Å². The Morgan fingerprint density at radius 3 is 1.86 bits per heavy atom. The molecule has 0 radical (unpaired) electrons. The van der Waals surface area contributed by atoms with Gasteiger partial charge in [-0.05, 0) is 52.6 Å². The zero-order valence-corrected chi connectivity index (χ0v) is 25.8. The molecule has 6 atom stereocenters. The van der Waals surface area contributed by atoms with Crippen LogP contribution < -0.4 is 0 Å². The number of ketones is 3. The van der Waals surface area contributed by atoms with E-state index < -0.39 is 118 Å². The highest BCUT2D eigenvalue weighted by molar-refractivity contribution is 6.30. The fourth-order valence-electron chi connectivity index (χ4n) is 7.71. The molecule has 258 valence electrons. The summed E-state index contributed by atoms with van der Waals surface area (Å²) in [6.07, 6.45) is -9.44. The molecule has 2 aliphatic carbocycles. The topological polar surface area (TPSA) is 263 Å². The predicted octanol–water partition coefficient (Wildman–Crippen LogP) is -0.00980. The number of hydrogen-bond acceptors (Lipinski definition) is 14. The van der Waals surface area contributed by atoms with Crippen molar-refractivity contribution in [2.24, 2.45) is 0 Å². The van der Waals surface area contributed by atoms with Crippen molar-refractivity contribution < 1.29 is 70.2 Å². The number of phenols is 4. The van der Waals surface area contributed by atoms with E-state index in [2.05, 4.69) is 0 Å². The lowest BCUT2D eigenvalue weighted by Crippen LogP contribution is -2.65. The van der Waals surface area contributed by atoms with Crippen molar-refractivity contribution in [1.29, 1.82) is 0 Å². The quantitative estimate of drug-likeness (QED) is 0.117. The molecule has 0 saturated carbocycles. The molecule has 0 bridgehead atoms. The van der Waals surface area contributed by atoms with Gasteiger partial charge in [-0.15, -0.1) is 0 Å². The Bertz CT molecular complexity index is 2140. The molecular formula is C36H30O14. The number of carbonyl (C=O) groups excluding carboxylic acids is 3. The van der Waals surface area contributed by atoms with Gasteiger partial charge in [0, 0.05) is 16.7 Å². The van der Waals surface area contributed by atoms with E-state index in [9.17, 15) is 65.4 Å². The van der Waals surface area contributed by atoms with Crippen LogP contribution in [0.15, 0.2) is 54.6 Å². The summed E-state index contributed by atoms with van der Waals surface area (Å²) in [4.78, 5) is 42.0. The van der Waals surface area contributed by atoms with Crippen LogP contribution in [-0.4, -0.2) is 106 Å². The first-order valence-corrected chi connectivity index (χ1v) is 15.4. The first-order chi connectivity index (χ1) is 23.8. The third-order valence-corrected chi connectivity index (χ3v) is 9.93. The van der Waals surface area contributed by atoms with Gasteiger partial charge in [-0.3, -0.25) is 14.4 Å². The number of aliphatic hydroxyl groups excluding tert-OH is 6. The van der Waals surface area contributed by atoms with E-state index in [4.69, 9.17) is 4.74 Å². The van der Waals surface area contributed by atoms with Crippen molar-refractivity contribution >= 4 is 17.3 Å². The highest BCUT2D eigenvalue weighted by atomic mass is 16.5. The molecule has 10 N–H and O–H groups in total. The van der Waals surface area contributed by atoms with Crippen molar-refractivity contribution in [3.63, 3.8) is 0 Å². The second kappa shape index (κ2) is 11.7. The number of benzene rings is 4. The summed E-state index contributed by atoms with van der Waals surface area (Å²) in [5, 5.41) is 109. The Kier molecular flexibility index (Phi) is 7.80. The predicted molar refractivity (Wildman–Crippen MR) is 168 cm³/mol. The summed E-state index contributed by atoms with van der Waals surface area (Å²) in [5.41, 5.74) is -5.56. The van der Waals surface area contributed by atoms with E-state index in [1.807, 2.05) is 0 Å². The van der Waals surface area contributed by atoms with Crippen LogP contribution in [0.3, 0.4) is 0 Å². The zero-order valence-electron chi connectivity index (χ0n) is 25.8. The molecule has 0 aromatic heterocycles. The van der Waals surface area contributed by atoms with E-state index in [1.54, 1.807) is 0 Å². The van der Waals surface area contributed by atoms with Gasteiger partial charge in [0.05, 0.1) is 47.5 Å². The number of hydrogen-bond donors (Lipinski definition) is 10. The number of phenolic OH excluding ortho intramolecular Hbond substituents is 4. The van der Waals surface area contributed by atoms with Gasteiger partial charge in [0.25, 0.3) is 0 Å². The van der Waals surface area contributed by atoms with Crippen LogP contribution >= 0.6 is 0 Å². The maximum absolute atomic E-state index is 14.1. The first kappa shape index (κ1) is 33.3. The summed E-state index contributed by atoms with van der Waals surface area (Å²) < 4.78 is 6.10. The van der Waals surface area contributed by atoms with Crippen molar-refractivity contribution in [3.8, 4) is 23.0 Å². The third kappa shape index (κ3) is 4.31. The number of carbonyl (C=O) groups is 3. The average Bonchev–Trinajstić information content (AvgIpc) is 3.10. The minimum Gasteiger partial charge on any atom is -0.507 e. The lowest BCUT2D eigenvalue weighted by atomic mass is 9.57. The van der Waals surface area contributed by atoms with Gasteiger partial charge in [-0.1, -0.05) is 24.3 Å². The van der Waals surface area contributed by atoms with Crippen LogP contribution in [0.2, 0.25) is 0 Å². The van der Waals surface area contributed by atoms with E-state index in [0.717, 1.165) is 24.3 Å². The van der Waals surface area contributed by atoms with Crippen LogP contribution in [0.5, 0.6) is 23.0 Å². The lowest BCUT2D eigenvalue weighted by Gasteiger charge is -2.52. The van der Waals surface area contributed by atoms with Crippen molar-refractivity contribution in [2.75, 3.05) is 6.61 Å². The normalized spacial score (nSPS) is 25.5. The summed E-state index contributed by atoms with van der Waals surface area (Å²) in [6.45, 7) is -2.15. The summed E-state index contributed by atoms with van der Waals surface area (Å²) in [5.74, 6) is -5.63. The molecule has 50 heavy (non-hydrogen) atoms. The van der Waals surface area contributed by atoms with Gasteiger partial charge in [0.1, 0.15) is 53.5 Å². The fraction of sp³-hybridized carbons (Fsp3) is 0.250. The monoisotopic (exact) mass is 686 g/mol. The zero-order chi connectivity index (χ0) is 36.0. The average molecular weight is 687 g/mol. The van der Waals surface area contributed by atoms with Crippen molar-refractivity contribution in [2.45, 2.75) is 49.1 Å². The molecule has 7 rings (SSSR count). The maximum atomic E-state index is 14.1. The Hall–Kier alpha value is -5.19. The lowest BCUT2D eigenvalue weighted by molar-refractivity contribution is -0.239. The number of ether oxygens (including phenoxy) is 1. The van der Waals surface area contributed by atoms with Crippen molar-refractivity contribution in [1.82, 2.24) is 0 Å². The Morgan fingerprint density at radius 1 is 0.580 bits per heavy atom. The van der Waals surface area contributed by atoms with E-state index in [-0.39, 0.29) is 38.9 Å². The van der Waals surface area contributed by atoms with Gasteiger partial charge < -0.3 is 55.8 Å². The van der Waals surface area contributed by atoms with E-state index in [0.29, 0.717) is 0 Å². The van der Waals surface area contributed by atoms with Crippen molar-refractivity contribution in [3.05, 3.63) is 116 Å². The number of fused-ring (bicyclic) bond motifs is 4. The second-order valence-corrected chi connectivity index (χ2v) is 12.5. The molecule has 4 aromatic carbocycles. The molecule has 1 fully saturated rings. The third-order valence-electron chi connectivity index (χ3n) is 9.93. The molecule has 1 unspecified atom stereocenters. The molecule has 1 aliphatic heterocycles. The fourth-order valence-corrected chi connectivity index (χ4v) is 7.71. The summed E-state index contributed by atoms with van der Waals surface area (Å²) >= 11 is 0. The van der Waals surface area contributed by atoms with Crippen LogP contribution in [0, 0.1) is 0 Å². The molecular weight excluding hydrogens is 656 g/mol. The van der Waals surface area contributed by atoms with Crippen LogP contribution in [-0.2, 0) is 23.4 Å². The molecule has 1 heterocycles. The maximum Gasteiger partial charge on any atom is 0.201 e. The smallest absolute Gasteiger partial charge is 0.201 e. The van der Waals surface area contributed by atoms with Crippen LogP contribution in [0.25, 0.3) is 0 Å². The van der Waals surface area contributed by atoms with Gasteiger partial charge in [-0.25, -0.2) is 0 Å². The molecule has 14 nitrogen and oxygen atoms in total.